The highest BCUT2D eigenvalue weighted by Crippen LogP contribution is 2.23. The van der Waals surface area contributed by atoms with E-state index in [0.717, 1.165) is 5.56 Å². The standard InChI is InChI=1S/C19H20ClN3O5/c1-12-8-13(4-6-16(12)23(26)27)19(25)21-10-18(24)22(2)11-14-9-15(20)5-7-17(14)28-3/h4-9H,10-11H2,1-3H3,(H,21,25). The molecule has 9 heteroatoms. The van der Waals surface area contributed by atoms with Crippen LogP contribution < -0.4 is 10.1 Å². The summed E-state index contributed by atoms with van der Waals surface area (Å²) in [5.41, 5.74) is 1.29. The highest BCUT2D eigenvalue weighted by atomic mass is 35.5. The Bertz CT molecular complexity index is 916. The van der Waals surface area contributed by atoms with Gasteiger partial charge < -0.3 is 15.0 Å². The number of ether oxygens (including phenoxy) is 1. The Morgan fingerprint density at radius 2 is 1.96 bits per heavy atom. The second kappa shape index (κ2) is 9.18. The van der Waals surface area contributed by atoms with Gasteiger partial charge in [-0.25, -0.2) is 0 Å². The van der Waals surface area contributed by atoms with E-state index in [2.05, 4.69) is 5.32 Å². The molecule has 8 nitrogen and oxygen atoms in total. The van der Waals surface area contributed by atoms with E-state index in [1.165, 1.54) is 30.2 Å². The monoisotopic (exact) mass is 405 g/mol. The smallest absolute Gasteiger partial charge is 0.272 e. The highest BCUT2D eigenvalue weighted by molar-refractivity contribution is 6.30. The third kappa shape index (κ3) is 5.20. The van der Waals surface area contributed by atoms with E-state index >= 15 is 0 Å². The molecule has 2 rings (SSSR count). The van der Waals surface area contributed by atoms with Gasteiger partial charge in [0.05, 0.1) is 18.6 Å². The molecule has 0 fully saturated rings. The summed E-state index contributed by atoms with van der Waals surface area (Å²) in [6, 6.07) is 9.16. The Kier molecular flexibility index (Phi) is 6.94. The minimum atomic E-state index is -0.514. The summed E-state index contributed by atoms with van der Waals surface area (Å²) >= 11 is 5.99. The molecule has 0 aliphatic carbocycles. The number of likely N-dealkylation sites (N-methyl/N-ethyl adjacent to an activating group) is 1. The van der Waals surface area contributed by atoms with Gasteiger partial charge in [-0.15, -0.1) is 0 Å². The van der Waals surface area contributed by atoms with Crippen molar-refractivity contribution in [1.29, 1.82) is 0 Å². The van der Waals surface area contributed by atoms with Crippen molar-refractivity contribution in [3.63, 3.8) is 0 Å². The number of hydrogen-bond acceptors (Lipinski definition) is 5. The summed E-state index contributed by atoms with van der Waals surface area (Å²) in [6.45, 7) is 1.59. The average Bonchev–Trinajstić information content (AvgIpc) is 2.65. The number of rotatable bonds is 7. The van der Waals surface area contributed by atoms with Crippen molar-refractivity contribution >= 4 is 29.1 Å². The number of halogens is 1. The zero-order valence-electron chi connectivity index (χ0n) is 15.7. The number of nitro benzene ring substituents is 1. The number of benzene rings is 2. The Balaban J connectivity index is 1.98. The molecule has 0 aliphatic rings. The van der Waals surface area contributed by atoms with Crippen LogP contribution in [-0.4, -0.2) is 42.3 Å². The van der Waals surface area contributed by atoms with E-state index < -0.39 is 10.8 Å². The molecular formula is C19H20ClN3O5. The van der Waals surface area contributed by atoms with E-state index in [1.807, 2.05) is 0 Å². The first kappa shape index (κ1) is 21.2. The van der Waals surface area contributed by atoms with E-state index in [9.17, 15) is 19.7 Å². The van der Waals surface area contributed by atoms with Crippen LogP contribution in [0.15, 0.2) is 36.4 Å². The van der Waals surface area contributed by atoms with Gasteiger partial charge in [0.1, 0.15) is 5.75 Å². The largest absolute Gasteiger partial charge is 0.496 e. The van der Waals surface area contributed by atoms with Gasteiger partial charge in [-0.3, -0.25) is 19.7 Å². The van der Waals surface area contributed by atoms with E-state index in [4.69, 9.17) is 16.3 Å². The quantitative estimate of drug-likeness (QED) is 0.563. The predicted molar refractivity (Wildman–Crippen MR) is 105 cm³/mol. The molecule has 0 unspecified atom stereocenters. The third-order valence-corrected chi connectivity index (χ3v) is 4.37. The molecule has 2 amide bonds. The van der Waals surface area contributed by atoms with E-state index in [1.54, 1.807) is 32.2 Å². The molecule has 28 heavy (non-hydrogen) atoms. The fraction of sp³-hybridized carbons (Fsp3) is 0.263. The van der Waals surface area contributed by atoms with E-state index in [-0.39, 0.29) is 30.2 Å². The molecular weight excluding hydrogens is 386 g/mol. The van der Waals surface area contributed by atoms with Gasteiger partial charge in [0.2, 0.25) is 5.91 Å². The minimum absolute atomic E-state index is 0.0668. The van der Waals surface area contributed by atoms with Gasteiger partial charge in [-0.05, 0) is 37.3 Å². The maximum Gasteiger partial charge on any atom is 0.272 e. The summed E-state index contributed by atoms with van der Waals surface area (Å²) in [5, 5.41) is 13.9. The third-order valence-electron chi connectivity index (χ3n) is 4.13. The summed E-state index contributed by atoms with van der Waals surface area (Å²) in [4.78, 5) is 36.3. The lowest BCUT2D eigenvalue weighted by atomic mass is 10.1. The first-order chi connectivity index (χ1) is 13.2. The summed E-state index contributed by atoms with van der Waals surface area (Å²) in [7, 11) is 3.13. The zero-order chi connectivity index (χ0) is 20.8. The Morgan fingerprint density at radius 1 is 1.25 bits per heavy atom. The number of hydrogen-bond donors (Lipinski definition) is 1. The first-order valence-electron chi connectivity index (χ1n) is 8.32. The van der Waals surface area contributed by atoms with Crippen LogP contribution in [0.5, 0.6) is 5.75 Å². The zero-order valence-corrected chi connectivity index (χ0v) is 16.4. The molecule has 0 saturated heterocycles. The maximum absolute atomic E-state index is 12.3. The van der Waals surface area contributed by atoms with Crippen molar-refractivity contribution in [3.8, 4) is 5.75 Å². The molecule has 2 aromatic carbocycles. The molecule has 0 saturated carbocycles. The van der Waals surface area contributed by atoms with Crippen LogP contribution in [0.1, 0.15) is 21.5 Å². The number of nitro groups is 1. The van der Waals surface area contributed by atoms with Gasteiger partial charge in [-0.2, -0.15) is 0 Å². The summed E-state index contributed by atoms with van der Waals surface area (Å²) in [5.74, 6) is -0.191. The lowest BCUT2D eigenvalue weighted by molar-refractivity contribution is -0.385. The van der Waals surface area contributed by atoms with Gasteiger partial charge in [0.25, 0.3) is 11.6 Å². The molecule has 1 N–H and O–H groups in total. The fourth-order valence-corrected chi connectivity index (χ4v) is 2.80. The van der Waals surface area contributed by atoms with Gasteiger partial charge in [-0.1, -0.05) is 11.6 Å². The van der Waals surface area contributed by atoms with Gasteiger partial charge in [0, 0.05) is 41.4 Å². The van der Waals surface area contributed by atoms with Crippen molar-refractivity contribution < 1.29 is 19.2 Å². The Labute approximate surface area is 167 Å². The van der Waals surface area contributed by atoms with Crippen LogP contribution in [0.2, 0.25) is 5.02 Å². The SMILES string of the molecule is COc1ccc(Cl)cc1CN(C)C(=O)CNC(=O)c1ccc([N+](=O)[O-])c(C)c1. The Hall–Kier alpha value is -3.13. The predicted octanol–water partition coefficient (Wildman–Crippen LogP) is 2.95. The normalized spacial score (nSPS) is 10.3. The van der Waals surface area contributed by atoms with Crippen molar-refractivity contribution in [3.05, 3.63) is 68.2 Å². The highest BCUT2D eigenvalue weighted by Gasteiger charge is 2.16. The summed E-state index contributed by atoms with van der Waals surface area (Å²) < 4.78 is 5.26. The van der Waals surface area contributed by atoms with Crippen molar-refractivity contribution in [2.45, 2.75) is 13.5 Å². The average molecular weight is 406 g/mol. The van der Waals surface area contributed by atoms with Gasteiger partial charge in [0.15, 0.2) is 0 Å². The molecule has 0 bridgehead atoms. The lowest BCUT2D eigenvalue weighted by Gasteiger charge is -2.19. The van der Waals surface area contributed by atoms with Crippen molar-refractivity contribution in [2.24, 2.45) is 0 Å². The molecule has 0 spiro atoms. The number of aryl methyl sites for hydroxylation is 1. The molecule has 148 valence electrons. The van der Waals surface area contributed by atoms with Crippen LogP contribution in [-0.2, 0) is 11.3 Å². The van der Waals surface area contributed by atoms with Crippen LogP contribution in [0, 0.1) is 17.0 Å². The molecule has 2 aromatic rings. The first-order valence-corrected chi connectivity index (χ1v) is 8.70. The van der Waals surface area contributed by atoms with E-state index in [0.29, 0.717) is 16.3 Å². The number of carbonyl (C=O) groups is 2. The van der Waals surface area contributed by atoms with Crippen LogP contribution >= 0.6 is 11.6 Å². The number of amides is 2. The number of nitrogens with zero attached hydrogens (tertiary/aromatic N) is 2. The van der Waals surface area contributed by atoms with Crippen molar-refractivity contribution in [1.82, 2.24) is 10.2 Å². The molecule has 0 radical (unpaired) electrons. The number of carbonyl (C=O) groups excluding carboxylic acids is 2. The van der Waals surface area contributed by atoms with Crippen LogP contribution in [0.4, 0.5) is 5.69 Å². The minimum Gasteiger partial charge on any atom is -0.496 e. The maximum atomic E-state index is 12.3. The van der Waals surface area contributed by atoms with Crippen LogP contribution in [0.25, 0.3) is 0 Å². The fourth-order valence-electron chi connectivity index (χ4n) is 2.61. The topological polar surface area (TPSA) is 102 Å². The lowest BCUT2D eigenvalue weighted by Crippen LogP contribution is -2.37. The molecule has 0 aliphatic heterocycles. The molecule has 0 heterocycles. The second-order valence-corrected chi connectivity index (χ2v) is 6.58. The number of nitrogens with one attached hydrogen (secondary N) is 1. The Morgan fingerprint density at radius 3 is 2.57 bits per heavy atom. The van der Waals surface area contributed by atoms with Crippen molar-refractivity contribution in [2.75, 3.05) is 20.7 Å². The van der Waals surface area contributed by atoms with Gasteiger partial charge >= 0.3 is 0 Å². The number of methoxy groups -OCH3 is 1. The molecule has 0 aromatic heterocycles. The summed E-state index contributed by atoms with van der Waals surface area (Å²) in [6.07, 6.45) is 0. The molecule has 0 atom stereocenters. The van der Waals surface area contributed by atoms with Crippen LogP contribution in [0.3, 0.4) is 0 Å². The second-order valence-electron chi connectivity index (χ2n) is 6.15.